The fourth-order valence-electron chi connectivity index (χ4n) is 3.53. The maximum absolute atomic E-state index is 12.9. The maximum atomic E-state index is 12.9. The first kappa shape index (κ1) is 17.5. The molecule has 4 nitrogen and oxygen atoms in total. The van der Waals surface area contributed by atoms with Crippen LogP contribution in [-0.4, -0.2) is 15.5 Å². The van der Waals surface area contributed by atoms with Gasteiger partial charge in [-0.3, -0.25) is 9.36 Å². The lowest BCUT2D eigenvalue weighted by molar-refractivity contribution is -0.137. The number of hydrogen-bond donors (Lipinski definition) is 0. The summed E-state index contributed by atoms with van der Waals surface area (Å²) in [5.74, 6) is 0.153. The van der Waals surface area contributed by atoms with Crippen LogP contribution in [0.5, 0.6) is 5.75 Å². The summed E-state index contributed by atoms with van der Waals surface area (Å²) in [4.78, 5) is 17.5. The smallest absolute Gasteiger partial charge is 0.416 e. The van der Waals surface area contributed by atoms with E-state index in [9.17, 15) is 18.0 Å². The first-order valence-corrected chi connectivity index (χ1v) is 8.87. The number of pyridine rings is 1. The molecule has 29 heavy (non-hydrogen) atoms. The average Bonchev–Trinajstić information content (AvgIpc) is 3.28. The van der Waals surface area contributed by atoms with Crippen molar-refractivity contribution in [3.63, 3.8) is 0 Å². The monoisotopic (exact) mass is 394 g/mol. The van der Waals surface area contributed by atoms with Gasteiger partial charge in [0.05, 0.1) is 16.8 Å². The standard InChI is InChI=1S/C22H13F3N2O2/c23-22(24,25)14-9-7-13(8-10-14)12-29-20-15-4-1-2-5-16(15)26-19-17-6-3-11-27(17)21(28)18(19)20/h1-11H,12H2. The minimum Gasteiger partial charge on any atom is -0.487 e. The molecule has 3 heterocycles. The Balaban J connectivity index is 1.56. The van der Waals surface area contributed by atoms with E-state index in [4.69, 9.17) is 4.74 Å². The molecule has 0 radical (unpaired) electrons. The molecule has 1 aliphatic heterocycles. The van der Waals surface area contributed by atoms with Crippen molar-refractivity contribution in [2.24, 2.45) is 0 Å². The molecule has 0 spiro atoms. The minimum absolute atomic E-state index is 0.0285. The van der Waals surface area contributed by atoms with Crippen LogP contribution in [0.4, 0.5) is 13.2 Å². The summed E-state index contributed by atoms with van der Waals surface area (Å²) in [5.41, 5.74) is 2.13. The highest BCUT2D eigenvalue weighted by Crippen LogP contribution is 2.41. The first-order valence-electron chi connectivity index (χ1n) is 8.87. The third kappa shape index (κ3) is 2.77. The van der Waals surface area contributed by atoms with Crippen molar-refractivity contribution in [1.29, 1.82) is 0 Å². The van der Waals surface area contributed by atoms with Crippen LogP contribution in [0.15, 0.2) is 66.9 Å². The Morgan fingerprint density at radius 3 is 2.48 bits per heavy atom. The van der Waals surface area contributed by atoms with E-state index in [-0.39, 0.29) is 12.5 Å². The van der Waals surface area contributed by atoms with Crippen molar-refractivity contribution in [1.82, 2.24) is 9.55 Å². The van der Waals surface area contributed by atoms with Crippen LogP contribution in [0.25, 0.3) is 22.3 Å². The van der Waals surface area contributed by atoms with Gasteiger partial charge in [0.25, 0.3) is 5.91 Å². The SMILES string of the molecule is O=C1c2c(nc3ccccc3c2OCc2ccc(C(F)(F)F)cc2)-c2cccn21. The van der Waals surface area contributed by atoms with E-state index in [2.05, 4.69) is 4.98 Å². The Labute approximate surface area is 163 Å². The number of alkyl halides is 3. The second kappa shape index (κ2) is 6.20. The number of ether oxygens (including phenoxy) is 1. The van der Waals surface area contributed by atoms with Gasteiger partial charge in [0.1, 0.15) is 23.6 Å². The number of hydrogen-bond acceptors (Lipinski definition) is 3. The Bertz CT molecular complexity index is 1260. The predicted octanol–water partition coefficient (Wildman–Crippen LogP) is 5.30. The summed E-state index contributed by atoms with van der Waals surface area (Å²) in [6.45, 7) is 0.0285. The molecule has 0 amide bonds. The molecular formula is C22H13F3N2O2. The summed E-state index contributed by atoms with van der Waals surface area (Å²) < 4.78 is 45.8. The highest BCUT2D eigenvalue weighted by Gasteiger charge is 2.33. The van der Waals surface area contributed by atoms with Crippen LogP contribution in [0, 0.1) is 0 Å². The van der Waals surface area contributed by atoms with Crippen LogP contribution in [0.1, 0.15) is 21.5 Å². The van der Waals surface area contributed by atoms with Gasteiger partial charge in [-0.1, -0.05) is 24.3 Å². The third-order valence-electron chi connectivity index (χ3n) is 4.93. The number of benzene rings is 2. The second-order valence-corrected chi connectivity index (χ2v) is 6.73. The molecule has 7 heteroatoms. The molecule has 0 bridgehead atoms. The number of nitrogens with zero attached hydrogens (tertiary/aromatic N) is 2. The maximum Gasteiger partial charge on any atom is 0.416 e. The summed E-state index contributed by atoms with van der Waals surface area (Å²) in [7, 11) is 0. The van der Waals surface area contributed by atoms with Gasteiger partial charge in [0.2, 0.25) is 0 Å². The number of aromatic nitrogens is 2. The number of carbonyl (C=O) groups excluding carboxylic acids is 1. The topological polar surface area (TPSA) is 44.1 Å². The van der Waals surface area contributed by atoms with E-state index >= 15 is 0 Å². The zero-order valence-corrected chi connectivity index (χ0v) is 14.9. The molecule has 0 N–H and O–H groups in total. The predicted molar refractivity (Wildman–Crippen MR) is 101 cm³/mol. The molecule has 1 aliphatic rings. The fourth-order valence-corrected chi connectivity index (χ4v) is 3.53. The zero-order chi connectivity index (χ0) is 20.2. The molecular weight excluding hydrogens is 381 g/mol. The van der Waals surface area contributed by atoms with Gasteiger partial charge in [-0.25, -0.2) is 4.98 Å². The Kier molecular flexibility index (Phi) is 3.74. The van der Waals surface area contributed by atoms with Gasteiger partial charge in [0.15, 0.2) is 0 Å². The van der Waals surface area contributed by atoms with Crippen LogP contribution in [0.3, 0.4) is 0 Å². The van der Waals surface area contributed by atoms with Crippen molar-refractivity contribution >= 4 is 16.8 Å². The van der Waals surface area contributed by atoms with E-state index in [1.54, 1.807) is 12.3 Å². The summed E-state index contributed by atoms with van der Waals surface area (Å²) in [6, 6.07) is 15.7. The molecule has 0 unspecified atom stereocenters. The highest BCUT2D eigenvalue weighted by atomic mass is 19.4. The second-order valence-electron chi connectivity index (χ2n) is 6.73. The lowest BCUT2D eigenvalue weighted by atomic mass is 10.1. The molecule has 0 saturated carbocycles. The van der Waals surface area contributed by atoms with Crippen molar-refractivity contribution in [2.45, 2.75) is 12.8 Å². The van der Waals surface area contributed by atoms with E-state index in [1.807, 2.05) is 30.3 Å². The number of carbonyl (C=O) groups is 1. The van der Waals surface area contributed by atoms with E-state index < -0.39 is 11.7 Å². The number of rotatable bonds is 3. The van der Waals surface area contributed by atoms with Gasteiger partial charge in [-0.15, -0.1) is 0 Å². The first-order chi connectivity index (χ1) is 13.9. The van der Waals surface area contributed by atoms with Crippen molar-refractivity contribution in [2.75, 3.05) is 0 Å². The molecule has 144 valence electrons. The molecule has 2 aromatic carbocycles. The molecule has 4 aromatic rings. The largest absolute Gasteiger partial charge is 0.487 e. The van der Waals surface area contributed by atoms with Crippen molar-refractivity contribution < 1.29 is 22.7 Å². The van der Waals surface area contributed by atoms with Crippen LogP contribution >= 0.6 is 0 Å². The van der Waals surface area contributed by atoms with E-state index in [1.165, 1.54) is 16.7 Å². The fraction of sp³-hybridized carbons (Fsp3) is 0.0909. The Hall–Kier alpha value is -3.61. The summed E-state index contributed by atoms with van der Waals surface area (Å²) in [6.07, 6.45) is -2.72. The lowest BCUT2D eigenvalue weighted by Gasteiger charge is -2.13. The Morgan fingerprint density at radius 1 is 0.966 bits per heavy atom. The minimum atomic E-state index is -4.39. The van der Waals surface area contributed by atoms with Gasteiger partial charge in [0, 0.05) is 11.6 Å². The molecule has 0 saturated heterocycles. The molecule has 0 fully saturated rings. The van der Waals surface area contributed by atoms with E-state index in [0.29, 0.717) is 39.2 Å². The number of para-hydroxylation sites is 1. The molecule has 5 rings (SSSR count). The van der Waals surface area contributed by atoms with Gasteiger partial charge in [-0.2, -0.15) is 13.2 Å². The van der Waals surface area contributed by atoms with Gasteiger partial charge in [-0.05, 0) is 42.0 Å². The van der Waals surface area contributed by atoms with Crippen molar-refractivity contribution in [3.8, 4) is 17.1 Å². The number of fused-ring (bicyclic) bond motifs is 4. The molecule has 0 atom stereocenters. The normalized spacial score (nSPS) is 12.9. The Morgan fingerprint density at radius 2 is 1.72 bits per heavy atom. The van der Waals surface area contributed by atoms with Crippen LogP contribution in [0.2, 0.25) is 0 Å². The summed E-state index contributed by atoms with van der Waals surface area (Å²) >= 11 is 0. The quantitative estimate of drug-likeness (QED) is 0.417. The molecule has 0 aliphatic carbocycles. The van der Waals surface area contributed by atoms with E-state index in [0.717, 1.165) is 12.1 Å². The van der Waals surface area contributed by atoms with Gasteiger partial charge < -0.3 is 4.74 Å². The van der Waals surface area contributed by atoms with Gasteiger partial charge >= 0.3 is 6.18 Å². The van der Waals surface area contributed by atoms with Crippen LogP contribution < -0.4 is 4.74 Å². The van der Waals surface area contributed by atoms with Crippen molar-refractivity contribution in [3.05, 3.63) is 83.6 Å². The molecule has 2 aromatic heterocycles. The van der Waals surface area contributed by atoms with Crippen LogP contribution in [-0.2, 0) is 12.8 Å². The number of halogens is 3. The highest BCUT2D eigenvalue weighted by molar-refractivity contribution is 6.13. The lowest BCUT2D eigenvalue weighted by Crippen LogP contribution is -2.08. The third-order valence-corrected chi connectivity index (χ3v) is 4.93. The average molecular weight is 394 g/mol. The zero-order valence-electron chi connectivity index (χ0n) is 14.9. The summed E-state index contributed by atoms with van der Waals surface area (Å²) in [5, 5.41) is 0.678.